The monoisotopic (exact) mass is 376 g/mol. The van der Waals surface area contributed by atoms with Crippen LogP contribution >= 0.6 is 11.8 Å². The van der Waals surface area contributed by atoms with E-state index in [1.165, 1.54) is 32.1 Å². The first-order chi connectivity index (χ1) is 11.6. The van der Waals surface area contributed by atoms with Gasteiger partial charge in [0.1, 0.15) is 0 Å². The van der Waals surface area contributed by atoms with Gasteiger partial charge in [-0.05, 0) is 48.7 Å². The van der Waals surface area contributed by atoms with E-state index >= 15 is 0 Å². The molecule has 25 heavy (non-hydrogen) atoms. The highest BCUT2D eigenvalue weighted by atomic mass is 32.2. The van der Waals surface area contributed by atoms with Gasteiger partial charge in [0.25, 0.3) is 0 Å². The third-order valence-corrected chi connectivity index (χ3v) is 6.09. The quantitative estimate of drug-likeness (QED) is 0.470. The molecule has 0 saturated heterocycles. The average Bonchev–Trinajstić information content (AvgIpc) is 2.58. The van der Waals surface area contributed by atoms with Crippen molar-refractivity contribution >= 4 is 11.8 Å². The summed E-state index contributed by atoms with van der Waals surface area (Å²) in [6, 6.07) is 0. The zero-order valence-electron chi connectivity index (χ0n) is 20.8. The van der Waals surface area contributed by atoms with Crippen LogP contribution in [0.5, 0.6) is 0 Å². The maximum atomic E-state index is 2.37. The van der Waals surface area contributed by atoms with Crippen LogP contribution in [-0.4, -0.2) is 11.5 Å². The van der Waals surface area contributed by atoms with Crippen molar-refractivity contribution < 1.29 is 0 Å². The lowest BCUT2D eigenvalue weighted by atomic mass is 9.78. The molecular weight excluding hydrogens is 320 g/mol. The average molecular weight is 377 g/mol. The molecular formula is C24H56S. The second-order valence-electron chi connectivity index (χ2n) is 8.02. The lowest BCUT2D eigenvalue weighted by Crippen LogP contribution is -2.26. The number of rotatable bonds is 4. The fourth-order valence-corrected chi connectivity index (χ4v) is 3.74. The van der Waals surface area contributed by atoms with Crippen molar-refractivity contribution in [1.29, 1.82) is 0 Å². The molecule has 1 saturated carbocycles. The summed E-state index contributed by atoms with van der Waals surface area (Å²) in [7, 11) is 0. The largest absolute Gasteiger partial charge is 0.162 e. The lowest BCUT2D eigenvalue weighted by Gasteiger charge is -2.33. The van der Waals surface area contributed by atoms with Crippen LogP contribution in [0.1, 0.15) is 122 Å². The first-order valence-electron chi connectivity index (χ1n) is 11.2. The molecule has 1 aliphatic carbocycles. The van der Waals surface area contributed by atoms with Gasteiger partial charge in [0.15, 0.2) is 0 Å². The Kier molecular flexibility index (Phi) is 29.5. The van der Waals surface area contributed by atoms with Crippen molar-refractivity contribution in [2.45, 2.75) is 127 Å². The molecule has 1 heteroatoms. The molecule has 0 N–H and O–H groups in total. The summed E-state index contributed by atoms with van der Waals surface area (Å²) >= 11 is 2.00. The minimum Gasteiger partial charge on any atom is -0.162 e. The highest BCUT2D eigenvalue weighted by molar-refractivity contribution is 7.99. The predicted molar refractivity (Wildman–Crippen MR) is 127 cm³/mol. The van der Waals surface area contributed by atoms with Crippen LogP contribution in [0.15, 0.2) is 0 Å². The molecule has 158 valence electrons. The van der Waals surface area contributed by atoms with Gasteiger partial charge < -0.3 is 0 Å². The topological polar surface area (TPSA) is 0 Å². The van der Waals surface area contributed by atoms with Crippen molar-refractivity contribution in [3.8, 4) is 0 Å². The van der Waals surface area contributed by atoms with Gasteiger partial charge in [-0.15, -0.1) is 0 Å². The minimum absolute atomic E-state index is 0.462. The summed E-state index contributed by atoms with van der Waals surface area (Å²) in [5.74, 6) is 2.89. The smallest absolute Gasteiger partial charge is 0.00722 e. The van der Waals surface area contributed by atoms with Crippen LogP contribution in [0.4, 0.5) is 0 Å². The molecule has 0 bridgehead atoms. The molecule has 0 aromatic heterocycles. The van der Waals surface area contributed by atoms with Gasteiger partial charge in [0.2, 0.25) is 0 Å². The summed E-state index contributed by atoms with van der Waals surface area (Å²) in [6.07, 6.45) is 9.09. The number of unbranched alkanes of at least 4 members (excludes halogenated alkanes) is 1. The molecule has 1 fully saturated rings. The molecule has 0 aromatic rings. The number of hydrogen-bond acceptors (Lipinski definition) is 1. The van der Waals surface area contributed by atoms with E-state index in [9.17, 15) is 0 Å². The Bertz CT molecular complexity index is 199. The van der Waals surface area contributed by atoms with Gasteiger partial charge in [-0.25, -0.2) is 0 Å². The number of hydrogen-bond donors (Lipinski definition) is 0. The molecule has 1 rings (SSSR count). The SMILES string of the molecule is CC.CC.CC1CC(C)C1.CCC(SC)C(C)C(C)(C)C.CCCC. The molecule has 0 radical (unpaired) electrons. The summed E-state index contributed by atoms with van der Waals surface area (Å²) < 4.78 is 0. The molecule has 1 aliphatic rings. The van der Waals surface area contributed by atoms with Crippen molar-refractivity contribution in [2.24, 2.45) is 23.2 Å². The third-order valence-electron chi connectivity index (χ3n) is 4.74. The normalized spacial score (nSPS) is 20.4. The molecule has 0 amide bonds. The second kappa shape index (κ2) is 22.4. The van der Waals surface area contributed by atoms with E-state index in [-0.39, 0.29) is 0 Å². The molecule has 0 spiro atoms. The second-order valence-corrected chi connectivity index (χ2v) is 9.10. The highest BCUT2D eigenvalue weighted by Crippen LogP contribution is 2.34. The lowest BCUT2D eigenvalue weighted by molar-refractivity contribution is 0.233. The molecule has 2 atom stereocenters. The van der Waals surface area contributed by atoms with Crippen LogP contribution in [0.2, 0.25) is 0 Å². The Morgan fingerprint density at radius 3 is 1.20 bits per heavy atom. The van der Waals surface area contributed by atoms with Crippen LogP contribution in [0.3, 0.4) is 0 Å². The van der Waals surface area contributed by atoms with Crippen LogP contribution in [0, 0.1) is 23.2 Å². The Morgan fingerprint density at radius 1 is 0.840 bits per heavy atom. The Hall–Kier alpha value is 0.350. The molecule has 0 aliphatic heterocycles. The number of thioether (sulfide) groups is 1. The first-order valence-corrected chi connectivity index (χ1v) is 12.4. The zero-order chi connectivity index (χ0) is 21.1. The molecule has 0 heterocycles. The Morgan fingerprint density at radius 2 is 1.16 bits per heavy atom. The first kappa shape index (κ1) is 33.0. The van der Waals surface area contributed by atoms with E-state index < -0.39 is 0 Å². The standard InChI is InChI=1S/C10H22S.C6H12.C4H10.2C2H6/c1-7-9(11-6)8(2)10(3,4)5;1-5-3-6(2)4-5;1-3-4-2;2*1-2/h8-9H,7H2,1-6H3;5-6H,3-4H2,1-2H3;3-4H2,1-2H3;2*1-2H3. The maximum Gasteiger partial charge on any atom is 0.00722 e. The maximum absolute atomic E-state index is 2.37. The van der Waals surface area contributed by atoms with Crippen LogP contribution < -0.4 is 0 Å². The van der Waals surface area contributed by atoms with Crippen LogP contribution in [0.25, 0.3) is 0 Å². The fourth-order valence-electron chi connectivity index (χ4n) is 2.59. The van der Waals surface area contributed by atoms with E-state index in [2.05, 4.69) is 68.6 Å². The Labute approximate surface area is 168 Å². The summed E-state index contributed by atoms with van der Waals surface area (Å²) in [5.41, 5.74) is 0.462. The van der Waals surface area contributed by atoms with Gasteiger partial charge in [-0.2, -0.15) is 11.8 Å². The summed E-state index contributed by atoms with van der Waals surface area (Å²) in [6.45, 7) is 28.6. The van der Waals surface area contributed by atoms with Crippen molar-refractivity contribution in [3.05, 3.63) is 0 Å². The highest BCUT2D eigenvalue weighted by Gasteiger charge is 2.26. The van der Waals surface area contributed by atoms with Crippen molar-refractivity contribution in [2.75, 3.05) is 6.26 Å². The molecule has 0 aromatic carbocycles. The van der Waals surface area contributed by atoms with Crippen LogP contribution in [-0.2, 0) is 0 Å². The molecule has 2 unspecified atom stereocenters. The minimum atomic E-state index is 0.462. The third kappa shape index (κ3) is 22.3. The summed E-state index contributed by atoms with van der Waals surface area (Å²) in [5, 5.41) is 0.829. The Balaban J connectivity index is -0.000000132. The van der Waals surface area contributed by atoms with E-state index in [0.29, 0.717) is 5.41 Å². The van der Waals surface area contributed by atoms with Gasteiger partial charge >= 0.3 is 0 Å². The fraction of sp³-hybridized carbons (Fsp3) is 1.00. The molecule has 0 nitrogen and oxygen atoms in total. The van der Waals surface area contributed by atoms with E-state index in [0.717, 1.165) is 23.0 Å². The zero-order valence-corrected chi connectivity index (χ0v) is 21.6. The predicted octanol–water partition coefficient (Wildman–Crippen LogP) is 9.72. The van der Waals surface area contributed by atoms with Gasteiger partial charge in [-0.1, -0.05) is 103 Å². The van der Waals surface area contributed by atoms with E-state index in [1.54, 1.807) is 0 Å². The van der Waals surface area contributed by atoms with Gasteiger partial charge in [0, 0.05) is 5.25 Å². The van der Waals surface area contributed by atoms with Gasteiger partial charge in [-0.3, -0.25) is 0 Å². The van der Waals surface area contributed by atoms with Crippen molar-refractivity contribution in [1.82, 2.24) is 0 Å². The van der Waals surface area contributed by atoms with Crippen molar-refractivity contribution in [3.63, 3.8) is 0 Å². The van der Waals surface area contributed by atoms with E-state index in [1.807, 2.05) is 39.5 Å². The van der Waals surface area contributed by atoms with E-state index in [4.69, 9.17) is 0 Å². The summed E-state index contributed by atoms with van der Waals surface area (Å²) in [4.78, 5) is 0. The van der Waals surface area contributed by atoms with Gasteiger partial charge in [0.05, 0.1) is 0 Å².